The van der Waals surface area contributed by atoms with Gasteiger partial charge >= 0.3 is 0 Å². The highest BCUT2D eigenvalue weighted by molar-refractivity contribution is 6.01. The molecule has 0 radical (unpaired) electrons. The van der Waals surface area contributed by atoms with Gasteiger partial charge in [0.15, 0.2) is 17.3 Å². The first-order valence-electron chi connectivity index (χ1n) is 12.5. The number of hydrogen-bond donors (Lipinski definition) is 0. The van der Waals surface area contributed by atoms with E-state index in [1.165, 1.54) is 11.1 Å². The van der Waals surface area contributed by atoms with Gasteiger partial charge in [-0.2, -0.15) is 0 Å². The summed E-state index contributed by atoms with van der Waals surface area (Å²) in [6, 6.07) is 25.6. The van der Waals surface area contributed by atoms with Crippen molar-refractivity contribution in [1.29, 1.82) is 0 Å². The fourth-order valence-corrected chi connectivity index (χ4v) is 5.71. The monoisotopic (exact) mass is 470 g/mol. The lowest BCUT2D eigenvalue weighted by molar-refractivity contribution is 0.0745. The van der Waals surface area contributed by atoms with E-state index in [1.54, 1.807) is 14.2 Å². The van der Waals surface area contributed by atoms with Gasteiger partial charge in [0.05, 0.1) is 20.3 Å². The van der Waals surface area contributed by atoms with Crippen molar-refractivity contribution in [2.24, 2.45) is 5.92 Å². The Balaban J connectivity index is 1.26. The van der Waals surface area contributed by atoms with E-state index in [0.717, 1.165) is 56.7 Å². The Bertz CT molecular complexity index is 1100. The minimum absolute atomic E-state index is 0.0335. The van der Waals surface area contributed by atoms with Crippen LogP contribution in [0.5, 0.6) is 11.5 Å². The van der Waals surface area contributed by atoms with Crippen LogP contribution in [-0.4, -0.2) is 62.5 Å². The summed E-state index contributed by atoms with van der Waals surface area (Å²) >= 11 is 0. The van der Waals surface area contributed by atoms with Crippen LogP contribution >= 0.6 is 0 Å². The topological polar surface area (TPSA) is 42.0 Å². The average molecular weight is 471 g/mol. The first-order chi connectivity index (χ1) is 17.2. The predicted octanol–water partition coefficient (Wildman–Crippen LogP) is 4.86. The molecule has 2 aliphatic rings. The standard InChI is InChI=1S/C30H34N2O3/c1-34-27-16-15-25-26(30(27)35-2)14-13-24(29(25)33)21-31-17-19-32(20-18-31)28(22-9-5-3-6-10-22)23-11-7-4-8-12-23/h3-12,15-16,24,28H,13-14,17-21H2,1-2H3. The van der Waals surface area contributed by atoms with Gasteiger partial charge in [-0.15, -0.1) is 0 Å². The molecule has 1 atom stereocenters. The number of benzene rings is 3. The molecule has 0 spiro atoms. The molecule has 0 bridgehead atoms. The number of Topliss-reactive ketones (excluding diaryl/α,β-unsaturated/α-hetero) is 1. The highest BCUT2D eigenvalue weighted by atomic mass is 16.5. The van der Waals surface area contributed by atoms with Crippen LogP contribution in [0.3, 0.4) is 0 Å². The van der Waals surface area contributed by atoms with Crippen molar-refractivity contribution in [2.75, 3.05) is 46.9 Å². The zero-order valence-electron chi connectivity index (χ0n) is 20.7. The maximum atomic E-state index is 13.4. The zero-order valence-corrected chi connectivity index (χ0v) is 20.7. The predicted molar refractivity (Wildman–Crippen MR) is 138 cm³/mol. The third-order valence-electron chi connectivity index (χ3n) is 7.51. The van der Waals surface area contributed by atoms with E-state index in [2.05, 4.69) is 70.5 Å². The Morgan fingerprint density at radius 2 is 1.46 bits per heavy atom. The Morgan fingerprint density at radius 1 is 0.829 bits per heavy atom. The number of ether oxygens (including phenoxy) is 2. The van der Waals surface area contributed by atoms with Gasteiger partial charge in [0.25, 0.3) is 0 Å². The van der Waals surface area contributed by atoms with Crippen LogP contribution in [0.4, 0.5) is 0 Å². The highest BCUT2D eigenvalue weighted by Crippen LogP contribution is 2.39. The Kier molecular flexibility index (Phi) is 7.16. The minimum Gasteiger partial charge on any atom is -0.493 e. The lowest BCUT2D eigenvalue weighted by atomic mass is 9.81. The van der Waals surface area contributed by atoms with Crippen molar-refractivity contribution < 1.29 is 14.3 Å². The largest absolute Gasteiger partial charge is 0.493 e. The average Bonchev–Trinajstić information content (AvgIpc) is 2.92. The lowest BCUT2D eigenvalue weighted by Gasteiger charge is -2.41. The number of piperazine rings is 1. The summed E-state index contributed by atoms with van der Waals surface area (Å²) in [5.41, 5.74) is 4.45. The molecule has 3 aromatic carbocycles. The molecule has 0 aromatic heterocycles. The van der Waals surface area contributed by atoms with E-state index in [1.807, 2.05) is 12.1 Å². The summed E-state index contributed by atoms with van der Waals surface area (Å²) in [5.74, 6) is 1.67. The first-order valence-corrected chi connectivity index (χ1v) is 12.5. The van der Waals surface area contributed by atoms with Crippen molar-refractivity contribution >= 4 is 5.78 Å². The molecule has 1 heterocycles. The molecule has 5 heteroatoms. The van der Waals surface area contributed by atoms with Crippen molar-refractivity contribution in [3.63, 3.8) is 0 Å². The smallest absolute Gasteiger partial charge is 0.167 e. The third kappa shape index (κ3) is 4.84. The van der Waals surface area contributed by atoms with E-state index in [-0.39, 0.29) is 17.7 Å². The number of hydrogen-bond acceptors (Lipinski definition) is 5. The van der Waals surface area contributed by atoms with Crippen molar-refractivity contribution in [3.8, 4) is 11.5 Å². The summed E-state index contributed by atoms with van der Waals surface area (Å²) in [6.07, 6.45) is 1.70. The molecule has 1 aliphatic heterocycles. The van der Waals surface area contributed by atoms with E-state index < -0.39 is 0 Å². The molecule has 3 aromatic rings. The molecular formula is C30H34N2O3. The fraction of sp³-hybridized carbons (Fsp3) is 0.367. The van der Waals surface area contributed by atoms with Gasteiger partial charge in [-0.25, -0.2) is 0 Å². The molecule has 1 aliphatic carbocycles. The van der Waals surface area contributed by atoms with E-state index in [9.17, 15) is 4.79 Å². The second-order valence-electron chi connectivity index (χ2n) is 9.49. The summed E-state index contributed by atoms with van der Waals surface area (Å²) in [4.78, 5) is 18.4. The second-order valence-corrected chi connectivity index (χ2v) is 9.49. The molecule has 1 fully saturated rings. The molecule has 0 N–H and O–H groups in total. The maximum Gasteiger partial charge on any atom is 0.167 e. The van der Waals surface area contributed by atoms with Gasteiger partial charge in [-0.1, -0.05) is 60.7 Å². The van der Waals surface area contributed by atoms with Crippen LogP contribution in [0, 0.1) is 5.92 Å². The van der Waals surface area contributed by atoms with E-state index >= 15 is 0 Å². The van der Waals surface area contributed by atoms with Crippen molar-refractivity contribution in [2.45, 2.75) is 18.9 Å². The fourth-order valence-electron chi connectivity index (χ4n) is 5.71. The summed E-state index contributed by atoms with van der Waals surface area (Å²) in [5, 5.41) is 0. The molecule has 0 amide bonds. The molecule has 5 rings (SSSR count). The summed E-state index contributed by atoms with van der Waals surface area (Å²) < 4.78 is 11.0. The number of ketones is 1. The van der Waals surface area contributed by atoms with Crippen LogP contribution in [0.2, 0.25) is 0 Å². The van der Waals surface area contributed by atoms with Gasteiger partial charge in [0, 0.05) is 49.8 Å². The molecule has 0 saturated carbocycles. The molecule has 182 valence electrons. The summed E-state index contributed by atoms with van der Waals surface area (Å²) in [6.45, 7) is 4.73. The normalized spacial score (nSPS) is 18.9. The third-order valence-corrected chi connectivity index (χ3v) is 7.51. The van der Waals surface area contributed by atoms with Crippen LogP contribution in [0.25, 0.3) is 0 Å². The van der Waals surface area contributed by atoms with E-state index in [4.69, 9.17) is 9.47 Å². The van der Waals surface area contributed by atoms with Crippen LogP contribution in [-0.2, 0) is 6.42 Å². The number of methoxy groups -OCH3 is 2. The molecule has 35 heavy (non-hydrogen) atoms. The Labute approximate surface area is 208 Å². The highest BCUT2D eigenvalue weighted by Gasteiger charge is 2.33. The maximum absolute atomic E-state index is 13.4. The number of carbonyl (C=O) groups excluding carboxylic acids is 1. The Morgan fingerprint density at radius 3 is 2.03 bits per heavy atom. The number of nitrogens with zero attached hydrogens (tertiary/aromatic N) is 2. The Hall–Kier alpha value is -3.15. The van der Waals surface area contributed by atoms with Crippen molar-refractivity contribution in [3.05, 3.63) is 95.1 Å². The minimum atomic E-state index is 0.0335. The molecular weight excluding hydrogens is 436 g/mol. The van der Waals surface area contributed by atoms with Gasteiger partial charge < -0.3 is 14.4 Å². The zero-order chi connectivity index (χ0) is 24.2. The summed E-state index contributed by atoms with van der Waals surface area (Å²) in [7, 11) is 3.28. The molecule has 1 saturated heterocycles. The van der Waals surface area contributed by atoms with Crippen LogP contribution in [0.15, 0.2) is 72.8 Å². The number of rotatable bonds is 7. The quantitative estimate of drug-likeness (QED) is 0.494. The second kappa shape index (κ2) is 10.6. The van der Waals surface area contributed by atoms with Crippen LogP contribution in [0.1, 0.15) is 39.5 Å². The lowest BCUT2D eigenvalue weighted by Crippen LogP contribution is -2.50. The number of carbonyl (C=O) groups is 1. The number of fused-ring (bicyclic) bond motifs is 1. The van der Waals surface area contributed by atoms with Gasteiger partial charge in [0.1, 0.15) is 0 Å². The first kappa shape index (κ1) is 23.6. The van der Waals surface area contributed by atoms with Gasteiger partial charge in [-0.05, 0) is 36.1 Å². The molecule has 5 nitrogen and oxygen atoms in total. The van der Waals surface area contributed by atoms with Gasteiger partial charge in [-0.3, -0.25) is 9.69 Å². The van der Waals surface area contributed by atoms with Crippen molar-refractivity contribution in [1.82, 2.24) is 9.80 Å². The molecule has 1 unspecified atom stereocenters. The van der Waals surface area contributed by atoms with Gasteiger partial charge in [0.2, 0.25) is 0 Å². The SMILES string of the molecule is COc1ccc2c(c1OC)CCC(CN1CCN(C(c3ccccc3)c3ccccc3)CC1)C2=O. The van der Waals surface area contributed by atoms with Crippen LogP contribution < -0.4 is 9.47 Å². The van der Waals surface area contributed by atoms with E-state index in [0.29, 0.717) is 11.5 Å².